The molecule has 58 valence electrons. The van der Waals surface area contributed by atoms with Crippen LogP contribution in [-0.4, -0.2) is 28.1 Å². The first kappa shape index (κ1) is 9.43. The SMILES string of the molecule is C#CCOS(=O)(=O)COC. The number of methoxy groups -OCH3 is 1. The summed E-state index contributed by atoms with van der Waals surface area (Å²) in [6.07, 6.45) is 4.75. The van der Waals surface area contributed by atoms with Gasteiger partial charge in [0, 0.05) is 7.11 Å². The van der Waals surface area contributed by atoms with Crippen LogP contribution in [0.15, 0.2) is 0 Å². The molecule has 0 aromatic rings. The van der Waals surface area contributed by atoms with Gasteiger partial charge in [0.25, 0.3) is 10.1 Å². The summed E-state index contributed by atoms with van der Waals surface area (Å²) < 4.78 is 29.6. The summed E-state index contributed by atoms with van der Waals surface area (Å²) in [6, 6.07) is 0. The average molecular weight is 164 g/mol. The molecule has 0 aromatic carbocycles. The van der Waals surface area contributed by atoms with Crippen LogP contribution < -0.4 is 0 Å². The van der Waals surface area contributed by atoms with Gasteiger partial charge < -0.3 is 4.74 Å². The number of rotatable bonds is 4. The van der Waals surface area contributed by atoms with Gasteiger partial charge in [0.2, 0.25) is 0 Å². The van der Waals surface area contributed by atoms with E-state index in [2.05, 4.69) is 8.92 Å². The smallest absolute Gasteiger partial charge is 0.292 e. The Kier molecular flexibility index (Phi) is 4.03. The fourth-order valence-electron chi connectivity index (χ4n) is 0.302. The van der Waals surface area contributed by atoms with Crippen LogP contribution in [-0.2, 0) is 19.0 Å². The largest absolute Gasteiger partial charge is 0.366 e. The second kappa shape index (κ2) is 4.28. The summed E-state index contributed by atoms with van der Waals surface area (Å²) in [4.78, 5) is 0. The van der Waals surface area contributed by atoms with Crippen LogP contribution in [0.25, 0.3) is 0 Å². The topological polar surface area (TPSA) is 52.6 Å². The lowest BCUT2D eigenvalue weighted by Gasteiger charge is -1.98. The molecule has 4 nitrogen and oxygen atoms in total. The van der Waals surface area contributed by atoms with Crippen LogP contribution in [0, 0.1) is 12.3 Å². The molecule has 0 amide bonds. The second-order valence-corrected chi connectivity index (χ2v) is 3.02. The number of hydrogen-bond donors (Lipinski definition) is 0. The zero-order valence-corrected chi connectivity index (χ0v) is 6.35. The fraction of sp³-hybridized carbons (Fsp3) is 0.600. The molecule has 5 heteroatoms. The third-order valence-corrected chi connectivity index (χ3v) is 1.59. The molecule has 0 heterocycles. The predicted molar refractivity (Wildman–Crippen MR) is 35.6 cm³/mol. The molecule has 0 aliphatic carbocycles. The molecular formula is C5H8O4S. The van der Waals surface area contributed by atoms with Crippen molar-refractivity contribution < 1.29 is 17.3 Å². The quantitative estimate of drug-likeness (QED) is 0.418. The van der Waals surface area contributed by atoms with Crippen molar-refractivity contribution in [1.82, 2.24) is 0 Å². The van der Waals surface area contributed by atoms with Crippen LogP contribution in [0.3, 0.4) is 0 Å². The van der Waals surface area contributed by atoms with Gasteiger partial charge in [-0.05, 0) is 0 Å². The summed E-state index contributed by atoms with van der Waals surface area (Å²) in [5.74, 6) is 1.56. The summed E-state index contributed by atoms with van der Waals surface area (Å²) >= 11 is 0. The highest BCUT2D eigenvalue weighted by molar-refractivity contribution is 7.86. The maximum Gasteiger partial charge on any atom is 0.292 e. The van der Waals surface area contributed by atoms with Crippen molar-refractivity contribution in [2.75, 3.05) is 19.7 Å². The Morgan fingerprint density at radius 3 is 2.60 bits per heavy atom. The lowest BCUT2D eigenvalue weighted by atomic mass is 10.8. The third-order valence-electron chi connectivity index (χ3n) is 0.584. The minimum atomic E-state index is -3.56. The maximum absolute atomic E-state index is 10.5. The van der Waals surface area contributed by atoms with E-state index in [1.165, 1.54) is 7.11 Å². The highest BCUT2D eigenvalue weighted by atomic mass is 32.2. The normalized spacial score (nSPS) is 10.8. The highest BCUT2D eigenvalue weighted by Crippen LogP contribution is 1.91. The Hall–Kier alpha value is -0.570. The molecule has 0 aliphatic heterocycles. The summed E-state index contributed by atoms with van der Waals surface area (Å²) in [7, 11) is -2.30. The molecule has 0 aromatic heterocycles. The van der Waals surface area contributed by atoms with Crippen molar-refractivity contribution in [2.45, 2.75) is 0 Å². The summed E-state index contributed by atoms with van der Waals surface area (Å²) in [5.41, 5.74) is 0. The fourth-order valence-corrected chi connectivity index (χ4v) is 0.906. The molecule has 0 unspecified atom stereocenters. The van der Waals surface area contributed by atoms with Gasteiger partial charge in [-0.3, -0.25) is 4.18 Å². The maximum atomic E-state index is 10.5. The highest BCUT2D eigenvalue weighted by Gasteiger charge is 2.07. The van der Waals surface area contributed by atoms with E-state index in [4.69, 9.17) is 6.42 Å². The Morgan fingerprint density at radius 2 is 2.20 bits per heavy atom. The van der Waals surface area contributed by atoms with Crippen molar-refractivity contribution in [3.05, 3.63) is 0 Å². The van der Waals surface area contributed by atoms with Crippen molar-refractivity contribution in [2.24, 2.45) is 0 Å². The number of ether oxygens (including phenoxy) is 1. The standard InChI is InChI=1S/C5H8O4S/c1-3-4-9-10(6,7)5-8-2/h1H,4-5H2,2H3. The first-order valence-corrected chi connectivity index (χ1v) is 3.99. The zero-order valence-electron chi connectivity index (χ0n) is 5.53. The minimum Gasteiger partial charge on any atom is -0.366 e. The molecular weight excluding hydrogens is 156 g/mol. The predicted octanol–water partition coefficient (Wildman–Crippen LogP) is -0.430. The third kappa shape index (κ3) is 4.32. The molecule has 0 aliphatic rings. The number of hydrogen-bond acceptors (Lipinski definition) is 4. The number of terminal acetylenes is 1. The van der Waals surface area contributed by atoms with Gasteiger partial charge in [-0.15, -0.1) is 6.42 Å². The van der Waals surface area contributed by atoms with Gasteiger partial charge in [0.1, 0.15) is 6.61 Å². The van der Waals surface area contributed by atoms with E-state index in [1.807, 2.05) is 5.92 Å². The molecule has 0 saturated carbocycles. The van der Waals surface area contributed by atoms with Gasteiger partial charge in [-0.1, -0.05) is 5.92 Å². The molecule has 0 fully saturated rings. The van der Waals surface area contributed by atoms with Crippen LogP contribution in [0.1, 0.15) is 0 Å². The monoisotopic (exact) mass is 164 g/mol. The lowest BCUT2D eigenvalue weighted by Crippen LogP contribution is -2.11. The van der Waals surface area contributed by atoms with Crippen LogP contribution in [0.4, 0.5) is 0 Å². The van der Waals surface area contributed by atoms with E-state index in [1.54, 1.807) is 0 Å². The minimum absolute atomic E-state index is 0.244. The van der Waals surface area contributed by atoms with Crippen LogP contribution in [0.5, 0.6) is 0 Å². The lowest BCUT2D eigenvalue weighted by molar-refractivity contribution is 0.230. The first-order chi connectivity index (χ1) is 4.62. The van der Waals surface area contributed by atoms with Gasteiger partial charge >= 0.3 is 0 Å². The van der Waals surface area contributed by atoms with Gasteiger partial charge in [-0.25, -0.2) is 0 Å². The van der Waals surface area contributed by atoms with Crippen LogP contribution in [0.2, 0.25) is 0 Å². The summed E-state index contributed by atoms with van der Waals surface area (Å²) in [6.45, 7) is -0.244. The van der Waals surface area contributed by atoms with E-state index in [0.717, 1.165) is 0 Å². The van der Waals surface area contributed by atoms with Crippen molar-refractivity contribution in [3.8, 4) is 12.3 Å². The molecule has 0 saturated heterocycles. The van der Waals surface area contributed by atoms with Gasteiger partial charge in [-0.2, -0.15) is 8.42 Å². The van der Waals surface area contributed by atoms with Crippen LogP contribution >= 0.6 is 0 Å². The molecule has 0 bridgehead atoms. The first-order valence-electron chi connectivity index (χ1n) is 2.42. The van der Waals surface area contributed by atoms with Gasteiger partial charge in [0.05, 0.1) is 0 Å². The van der Waals surface area contributed by atoms with Crippen molar-refractivity contribution in [3.63, 3.8) is 0 Å². The Balaban J connectivity index is 3.80. The summed E-state index contributed by atoms with van der Waals surface area (Å²) in [5, 5.41) is 0. The average Bonchev–Trinajstić information content (AvgIpc) is 1.84. The Morgan fingerprint density at radius 1 is 1.60 bits per heavy atom. The van der Waals surface area contributed by atoms with Gasteiger partial charge in [0.15, 0.2) is 5.94 Å². The van der Waals surface area contributed by atoms with E-state index >= 15 is 0 Å². The second-order valence-electron chi connectivity index (χ2n) is 1.43. The molecule has 0 N–H and O–H groups in total. The van der Waals surface area contributed by atoms with E-state index in [0.29, 0.717) is 0 Å². The Bertz CT molecular complexity index is 210. The molecule has 10 heavy (non-hydrogen) atoms. The van der Waals surface area contributed by atoms with E-state index < -0.39 is 16.1 Å². The Labute approximate surface area is 60.3 Å². The zero-order chi connectivity index (χ0) is 8.04. The van der Waals surface area contributed by atoms with Crippen molar-refractivity contribution in [1.29, 1.82) is 0 Å². The molecule has 0 atom stereocenters. The van der Waals surface area contributed by atoms with E-state index in [9.17, 15) is 8.42 Å². The van der Waals surface area contributed by atoms with E-state index in [-0.39, 0.29) is 6.61 Å². The van der Waals surface area contributed by atoms with Crippen molar-refractivity contribution >= 4 is 10.1 Å². The molecule has 0 radical (unpaired) electrons. The molecule has 0 spiro atoms. The molecule has 0 rings (SSSR count).